The zero-order chi connectivity index (χ0) is 12.3. The highest BCUT2D eigenvalue weighted by Gasteiger charge is 2.33. The van der Waals surface area contributed by atoms with Gasteiger partial charge in [0.1, 0.15) is 0 Å². The van der Waals surface area contributed by atoms with Crippen LogP contribution in [-0.2, 0) is 10.0 Å². The molecule has 17 heavy (non-hydrogen) atoms. The molecule has 92 valence electrons. The van der Waals surface area contributed by atoms with E-state index in [-0.39, 0.29) is 11.8 Å². The molecule has 1 aromatic carbocycles. The molecule has 1 aromatic rings. The van der Waals surface area contributed by atoms with E-state index in [4.69, 9.17) is 0 Å². The van der Waals surface area contributed by atoms with E-state index in [0.29, 0.717) is 6.54 Å². The average Bonchev–Trinajstić information content (AvgIpc) is 2.57. The van der Waals surface area contributed by atoms with Crippen LogP contribution in [0.25, 0.3) is 6.08 Å². The average molecular weight is 251 g/mol. The fourth-order valence-corrected chi connectivity index (χ4v) is 3.85. The molecule has 1 fully saturated rings. The summed E-state index contributed by atoms with van der Waals surface area (Å²) in [5, 5.41) is 0. The van der Waals surface area contributed by atoms with Crippen LogP contribution >= 0.6 is 0 Å². The third-order valence-electron chi connectivity index (χ3n) is 3.04. The van der Waals surface area contributed by atoms with Gasteiger partial charge in [0.25, 0.3) is 0 Å². The van der Waals surface area contributed by atoms with Crippen LogP contribution in [0.3, 0.4) is 0 Å². The highest BCUT2D eigenvalue weighted by atomic mass is 32.2. The molecular formula is C13H17NO2S. The van der Waals surface area contributed by atoms with Crippen molar-refractivity contribution >= 4 is 16.1 Å². The predicted octanol–water partition coefficient (Wildman–Crippen LogP) is 2.12. The fourth-order valence-electron chi connectivity index (χ4n) is 2.01. The summed E-state index contributed by atoms with van der Waals surface area (Å²) < 4.78 is 25.0. The smallest absolute Gasteiger partial charge is 0.212 e. The normalized spacial score (nSPS) is 24.4. The minimum absolute atomic E-state index is 0.125. The van der Waals surface area contributed by atoms with Gasteiger partial charge in [0, 0.05) is 12.6 Å². The molecule has 0 amide bonds. The molecule has 0 aromatic heterocycles. The van der Waals surface area contributed by atoms with Crippen molar-refractivity contribution in [2.24, 2.45) is 0 Å². The van der Waals surface area contributed by atoms with Crippen LogP contribution in [0.4, 0.5) is 0 Å². The molecule has 1 aliphatic rings. The molecule has 0 bridgehead atoms. The summed E-state index contributed by atoms with van der Waals surface area (Å²) in [7, 11) is -3.01. The number of sulfonamides is 1. The quantitative estimate of drug-likeness (QED) is 0.825. The van der Waals surface area contributed by atoms with Crippen molar-refractivity contribution < 1.29 is 8.42 Å². The number of benzene rings is 1. The first-order chi connectivity index (χ1) is 8.09. The van der Waals surface area contributed by atoms with E-state index >= 15 is 0 Å². The van der Waals surface area contributed by atoms with Crippen LogP contribution in [0.15, 0.2) is 36.4 Å². The maximum Gasteiger partial charge on any atom is 0.214 e. The maximum absolute atomic E-state index is 11.7. The zero-order valence-electron chi connectivity index (χ0n) is 9.91. The van der Waals surface area contributed by atoms with Gasteiger partial charge in [-0.05, 0) is 18.9 Å². The lowest BCUT2D eigenvalue weighted by molar-refractivity contribution is 0.392. The first-order valence-electron chi connectivity index (χ1n) is 5.81. The summed E-state index contributed by atoms with van der Waals surface area (Å²) in [6.07, 6.45) is 4.61. The fraction of sp³-hybridized carbons (Fsp3) is 0.385. The van der Waals surface area contributed by atoms with Crippen molar-refractivity contribution in [2.75, 3.05) is 12.3 Å². The second kappa shape index (κ2) is 5.02. The maximum atomic E-state index is 11.7. The molecule has 3 nitrogen and oxygen atoms in total. The van der Waals surface area contributed by atoms with Gasteiger partial charge in [-0.3, -0.25) is 0 Å². The highest BCUT2D eigenvalue weighted by Crippen LogP contribution is 2.20. The molecule has 0 aliphatic carbocycles. The van der Waals surface area contributed by atoms with Gasteiger partial charge in [-0.1, -0.05) is 42.5 Å². The Bertz CT molecular complexity index is 493. The van der Waals surface area contributed by atoms with Gasteiger partial charge < -0.3 is 0 Å². The van der Waals surface area contributed by atoms with Gasteiger partial charge in [0.15, 0.2) is 0 Å². The Balaban J connectivity index is 2.01. The van der Waals surface area contributed by atoms with Crippen molar-refractivity contribution in [3.63, 3.8) is 0 Å². The van der Waals surface area contributed by atoms with Gasteiger partial charge >= 0.3 is 0 Å². The van der Waals surface area contributed by atoms with E-state index in [0.717, 1.165) is 12.0 Å². The number of rotatable bonds is 3. The van der Waals surface area contributed by atoms with Crippen LogP contribution in [-0.4, -0.2) is 31.1 Å². The number of hydrogen-bond acceptors (Lipinski definition) is 2. The Morgan fingerprint density at radius 2 is 2.06 bits per heavy atom. The van der Waals surface area contributed by atoms with E-state index in [2.05, 4.69) is 0 Å². The third-order valence-corrected chi connectivity index (χ3v) is 5.01. The molecule has 2 rings (SSSR count). The molecule has 0 N–H and O–H groups in total. The van der Waals surface area contributed by atoms with Gasteiger partial charge in [-0.15, -0.1) is 0 Å². The second-order valence-corrected chi connectivity index (χ2v) is 6.38. The molecule has 1 saturated heterocycles. The van der Waals surface area contributed by atoms with Crippen molar-refractivity contribution in [1.82, 2.24) is 4.31 Å². The van der Waals surface area contributed by atoms with Crippen molar-refractivity contribution in [1.29, 1.82) is 0 Å². The molecular weight excluding hydrogens is 234 g/mol. The molecule has 1 heterocycles. The largest absolute Gasteiger partial charge is 0.214 e. The Morgan fingerprint density at radius 1 is 1.35 bits per heavy atom. The van der Waals surface area contributed by atoms with Crippen LogP contribution < -0.4 is 0 Å². The van der Waals surface area contributed by atoms with Crippen LogP contribution in [0.5, 0.6) is 0 Å². The molecule has 0 spiro atoms. The first-order valence-corrected chi connectivity index (χ1v) is 7.41. The van der Waals surface area contributed by atoms with Crippen LogP contribution in [0, 0.1) is 0 Å². The number of hydrogen-bond donors (Lipinski definition) is 0. The third kappa shape index (κ3) is 2.96. The molecule has 1 aliphatic heterocycles. The summed E-state index contributed by atoms with van der Waals surface area (Å²) in [5.41, 5.74) is 1.09. The SMILES string of the molecule is CC1CCS(=O)(=O)N1CC=Cc1ccccc1. The molecule has 1 unspecified atom stereocenters. The minimum atomic E-state index is -3.01. The number of nitrogens with zero attached hydrogens (tertiary/aromatic N) is 1. The minimum Gasteiger partial charge on any atom is -0.212 e. The highest BCUT2D eigenvalue weighted by molar-refractivity contribution is 7.89. The van der Waals surface area contributed by atoms with E-state index in [1.54, 1.807) is 4.31 Å². The van der Waals surface area contributed by atoms with Crippen molar-refractivity contribution in [3.05, 3.63) is 42.0 Å². The van der Waals surface area contributed by atoms with E-state index < -0.39 is 10.0 Å². The Labute approximate surface area is 103 Å². The van der Waals surface area contributed by atoms with Gasteiger partial charge in [-0.2, -0.15) is 4.31 Å². The molecule has 0 saturated carbocycles. The van der Waals surface area contributed by atoms with Gasteiger partial charge in [0.05, 0.1) is 5.75 Å². The van der Waals surface area contributed by atoms with Gasteiger partial charge in [-0.25, -0.2) is 8.42 Å². The summed E-state index contributed by atoms with van der Waals surface area (Å²) in [6.45, 7) is 2.43. The summed E-state index contributed by atoms with van der Waals surface area (Å²) >= 11 is 0. The van der Waals surface area contributed by atoms with E-state index in [1.165, 1.54) is 0 Å². The zero-order valence-corrected chi connectivity index (χ0v) is 10.7. The standard InChI is InChI=1S/C13H17NO2S/c1-12-9-11-17(15,16)14(12)10-5-8-13-6-3-2-4-7-13/h2-8,12H,9-11H2,1H3. The Hall–Kier alpha value is -1.13. The molecule has 0 radical (unpaired) electrons. The summed E-state index contributed by atoms with van der Waals surface area (Å²) in [6, 6.07) is 10.0. The Kier molecular flexibility index (Phi) is 3.64. The lowest BCUT2D eigenvalue weighted by atomic mass is 10.2. The molecule has 1 atom stereocenters. The predicted molar refractivity (Wildman–Crippen MR) is 70.0 cm³/mol. The lowest BCUT2D eigenvalue weighted by Crippen LogP contribution is -2.31. The first kappa shape index (κ1) is 12.3. The van der Waals surface area contributed by atoms with E-state index in [1.807, 2.05) is 49.4 Å². The topological polar surface area (TPSA) is 37.4 Å². The summed E-state index contributed by atoms with van der Waals surface area (Å²) in [4.78, 5) is 0. The van der Waals surface area contributed by atoms with Crippen LogP contribution in [0.2, 0.25) is 0 Å². The molecule has 4 heteroatoms. The summed E-state index contributed by atoms with van der Waals surface area (Å²) in [5.74, 6) is 0.285. The van der Waals surface area contributed by atoms with E-state index in [9.17, 15) is 8.42 Å². The second-order valence-electron chi connectivity index (χ2n) is 4.34. The Morgan fingerprint density at radius 3 is 2.65 bits per heavy atom. The van der Waals surface area contributed by atoms with Crippen molar-refractivity contribution in [2.45, 2.75) is 19.4 Å². The van der Waals surface area contributed by atoms with Crippen LogP contribution in [0.1, 0.15) is 18.9 Å². The van der Waals surface area contributed by atoms with Gasteiger partial charge in [0.2, 0.25) is 10.0 Å². The monoisotopic (exact) mass is 251 g/mol. The lowest BCUT2D eigenvalue weighted by Gasteiger charge is -2.17. The van der Waals surface area contributed by atoms with Crippen molar-refractivity contribution in [3.8, 4) is 0 Å².